The molecule has 1 N–H and O–H groups in total. The van der Waals surface area contributed by atoms with Crippen molar-refractivity contribution in [3.8, 4) is 0 Å². The van der Waals surface area contributed by atoms with Crippen LogP contribution in [0.4, 0.5) is 0 Å². The van der Waals surface area contributed by atoms with Crippen LogP contribution in [-0.4, -0.2) is 59.6 Å². The molecule has 0 aromatic heterocycles. The number of carboxylic acids is 1. The van der Waals surface area contributed by atoms with Gasteiger partial charge in [-0.3, -0.25) is 9.69 Å². The van der Waals surface area contributed by atoms with E-state index in [0.717, 1.165) is 45.6 Å². The number of hydrogen-bond donors (Lipinski definition) is 1. The van der Waals surface area contributed by atoms with Gasteiger partial charge >= 0.3 is 5.97 Å². The van der Waals surface area contributed by atoms with Crippen LogP contribution in [0, 0.1) is 5.41 Å². The minimum Gasteiger partial charge on any atom is -0.481 e. The van der Waals surface area contributed by atoms with Gasteiger partial charge in [0.15, 0.2) is 0 Å². The first-order valence-corrected chi connectivity index (χ1v) is 7.06. The van der Waals surface area contributed by atoms with E-state index in [1.165, 1.54) is 0 Å². The summed E-state index contributed by atoms with van der Waals surface area (Å²) in [4.78, 5) is 16.0. The van der Waals surface area contributed by atoms with Gasteiger partial charge in [-0.05, 0) is 46.7 Å². The lowest BCUT2D eigenvalue weighted by molar-refractivity contribution is -0.147. The van der Waals surface area contributed by atoms with Crippen molar-refractivity contribution in [3.05, 3.63) is 0 Å². The van der Waals surface area contributed by atoms with Crippen molar-refractivity contribution in [2.24, 2.45) is 5.41 Å². The van der Waals surface area contributed by atoms with E-state index in [-0.39, 0.29) is 0 Å². The van der Waals surface area contributed by atoms with Gasteiger partial charge in [0.1, 0.15) is 0 Å². The van der Waals surface area contributed by atoms with E-state index in [1.54, 1.807) is 0 Å². The van der Waals surface area contributed by atoms with E-state index in [2.05, 4.69) is 23.6 Å². The Hall–Kier alpha value is -0.610. The van der Waals surface area contributed by atoms with E-state index in [4.69, 9.17) is 5.11 Å². The maximum atomic E-state index is 11.0. The number of aliphatic carboxylic acids is 1. The highest BCUT2D eigenvalue weighted by Crippen LogP contribution is 2.22. The normalized spacial score (nSPS) is 23.2. The molecule has 0 aromatic carbocycles. The fraction of sp³-hybridized carbons (Fsp3) is 0.929. The molecule has 1 aliphatic heterocycles. The van der Waals surface area contributed by atoms with Gasteiger partial charge in [-0.2, -0.15) is 0 Å². The van der Waals surface area contributed by atoms with E-state index in [0.29, 0.717) is 6.04 Å². The molecule has 0 spiro atoms. The highest BCUT2D eigenvalue weighted by atomic mass is 16.4. The quantitative estimate of drug-likeness (QED) is 0.788. The lowest BCUT2D eigenvalue weighted by Gasteiger charge is -2.39. The second-order valence-electron chi connectivity index (χ2n) is 6.07. The molecular weight excluding hydrogens is 228 g/mol. The SMILES string of the molecule is CCN1CCN(CCCC(C)(C)C(=O)O)CC1C. The molecule has 4 heteroatoms. The summed E-state index contributed by atoms with van der Waals surface area (Å²) in [7, 11) is 0. The van der Waals surface area contributed by atoms with E-state index >= 15 is 0 Å². The summed E-state index contributed by atoms with van der Waals surface area (Å²) in [6.07, 6.45) is 1.73. The summed E-state index contributed by atoms with van der Waals surface area (Å²) in [5, 5.41) is 9.07. The standard InChI is InChI=1S/C14H28N2O2/c1-5-16-10-9-15(11-12(16)2)8-6-7-14(3,4)13(17)18/h12H,5-11H2,1-4H3,(H,17,18). The van der Waals surface area contributed by atoms with Crippen LogP contribution in [-0.2, 0) is 4.79 Å². The molecule has 1 heterocycles. The average molecular weight is 256 g/mol. The zero-order chi connectivity index (χ0) is 13.8. The zero-order valence-electron chi connectivity index (χ0n) is 12.3. The second kappa shape index (κ2) is 6.53. The first-order valence-electron chi connectivity index (χ1n) is 7.06. The number of hydrogen-bond acceptors (Lipinski definition) is 3. The predicted octanol–water partition coefficient (Wildman–Crippen LogP) is 1.90. The summed E-state index contributed by atoms with van der Waals surface area (Å²) in [5.41, 5.74) is -0.586. The van der Waals surface area contributed by atoms with Gasteiger partial charge in [0.05, 0.1) is 5.41 Å². The highest BCUT2D eigenvalue weighted by molar-refractivity contribution is 5.73. The third-order valence-electron chi connectivity index (χ3n) is 4.11. The van der Waals surface area contributed by atoms with Gasteiger partial charge in [0.2, 0.25) is 0 Å². The Kier molecular flexibility index (Phi) is 5.60. The van der Waals surface area contributed by atoms with Crippen molar-refractivity contribution in [2.75, 3.05) is 32.7 Å². The lowest BCUT2D eigenvalue weighted by Crippen LogP contribution is -2.51. The average Bonchev–Trinajstić information content (AvgIpc) is 2.29. The molecule has 4 nitrogen and oxygen atoms in total. The number of nitrogens with zero attached hydrogens (tertiary/aromatic N) is 2. The van der Waals surface area contributed by atoms with Gasteiger partial charge in [-0.25, -0.2) is 0 Å². The third-order valence-corrected chi connectivity index (χ3v) is 4.11. The molecule has 0 amide bonds. The molecule has 106 valence electrons. The fourth-order valence-electron chi connectivity index (χ4n) is 2.60. The van der Waals surface area contributed by atoms with Crippen LogP contribution in [0.2, 0.25) is 0 Å². The summed E-state index contributed by atoms with van der Waals surface area (Å²) in [5.74, 6) is -0.688. The van der Waals surface area contributed by atoms with Crippen LogP contribution >= 0.6 is 0 Å². The number of piperazine rings is 1. The summed E-state index contributed by atoms with van der Waals surface area (Å²) in [6.45, 7) is 13.6. The van der Waals surface area contributed by atoms with Crippen LogP contribution in [0.15, 0.2) is 0 Å². The maximum Gasteiger partial charge on any atom is 0.309 e. The second-order valence-corrected chi connectivity index (χ2v) is 6.07. The molecule has 0 radical (unpaired) electrons. The number of carboxylic acid groups (broad SMARTS) is 1. The monoisotopic (exact) mass is 256 g/mol. The first-order chi connectivity index (χ1) is 8.36. The molecule has 1 rings (SSSR count). The Morgan fingerprint density at radius 2 is 2.06 bits per heavy atom. The zero-order valence-corrected chi connectivity index (χ0v) is 12.3. The third kappa shape index (κ3) is 4.25. The van der Waals surface area contributed by atoms with Crippen molar-refractivity contribution < 1.29 is 9.90 Å². The fourth-order valence-corrected chi connectivity index (χ4v) is 2.60. The molecule has 1 saturated heterocycles. The van der Waals surface area contributed by atoms with Crippen molar-refractivity contribution in [2.45, 2.75) is 46.6 Å². The number of rotatable bonds is 6. The Balaban J connectivity index is 2.27. The number of likely N-dealkylation sites (N-methyl/N-ethyl adjacent to an activating group) is 1. The predicted molar refractivity (Wildman–Crippen MR) is 73.8 cm³/mol. The Morgan fingerprint density at radius 3 is 2.56 bits per heavy atom. The van der Waals surface area contributed by atoms with Gasteiger partial charge < -0.3 is 10.0 Å². The minimum absolute atomic E-state index is 0.586. The lowest BCUT2D eigenvalue weighted by atomic mass is 9.88. The number of carbonyl (C=O) groups is 1. The van der Waals surface area contributed by atoms with Crippen molar-refractivity contribution >= 4 is 5.97 Å². The molecule has 1 aliphatic rings. The largest absolute Gasteiger partial charge is 0.481 e. The van der Waals surface area contributed by atoms with Crippen LogP contribution < -0.4 is 0 Å². The van der Waals surface area contributed by atoms with E-state index in [1.807, 2.05) is 13.8 Å². The molecule has 0 saturated carbocycles. The Morgan fingerprint density at radius 1 is 1.39 bits per heavy atom. The minimum atomic E-state index is -0.688. The molecule has 1 unspecified atom stereocenters. The van der Waals surface area contributed by atoms with Gasteiger partial charge in [-0.1, -0.05) is 6.92 Å². The maximum absolute atomic E-state index is 11.0. The van der Waals surface area contributed by atoms with Crippen molar-refractivity contribution in [1.29, 1.82) is 0 Å². The smallest absolute Gasteiger partial charge is 0.309 e. The van der Waals surface area contributed by atoms with E-state index < -0.39 is 11.4 Å². The first kappa shape index (κ1) is 15.4. The molecule has 1 atom stereocenters. The summed E-state index contributed by atoms with van der Waals surface area (Å²) in [6, 6.07) is 0.622. The Bertz CT molecular complexity index is 279. The van der Waals surface area contributed by atoms with Crippen LogP contribution in [0.3, 0.4) is 0 Å². The van der Waals surface area contributed by atoms with Gasteiger partial charge in [0, 0.05) is 25.7 Å². The van der Waals surface area contributed by atoms with Crippen LogP contribution in [0.1, 0.15) is 40.5 Å². The van der Waals surface area contributed by atoms with Crippen molar-refractivity contribution in [1.82, 2.24) is 9.80 Å². The molecule has 0 aliphatic carbocycles. The molecule has 0 aromatic rings. The summed E-state index contributed by atoms with van der Waals surface area (Å²) >= 11 is 0. The van der Waals surface area contributed by atoms with Gasteiger partial charge in [-0.15, -0.1) is 0 Å². The van der Waals surface area contributed by atoms with Crippen LogP contribution in [0.5, 0.6) is 0 Å². The summed E-state index contributed by atoms with van der Waals surface area (Å²) < 4.78 is 0. The highest BCUT2D eigenvalue weighted by Gasteiger charge is 2.27. The van der Waals surface area contributed by atoms with Gasteiger partial charge in [0.25, 0.3) is 0 Å². The molecule has 0 bridgehead atoms. The molecule has 1 fully saturated rings. The Labute approximate surface area is 111 Å². The molecule has 18 heavy (non-hydrogen) atoms. The van der Waals surface area contributed by atoms with Crippen molar-refractivity contribution in [3.63, 3.8) is 0 Å². The molecular formula is C14H28N2O2. The van der Waals surface area contributed by atoms with Crippen LogP contribution in [0.25, 0.3) is 0 Å². The topological polar surface area (TPSA) is 43.8 Å². The van der Waals surface area contributed by atoms with E-state index in [9.17, 15) is 4.79 Å².